The van der Waals surface area contributed by atoms with E-state index in [9.17, 15) is 14.4 Å². The van der Waals surface area contributed by atoms with Gasteiger partial charge in [-0.2, -0.15) is 0 Å². The molecule has 2 N–H and O–H groups in total. The second kappa shape index (κ2) is 8.34. The largest absolute Gasteiger partial charge is 0.481 e. The topological polar surface area (TPSA) is 95.9 Å². The van der Waals surface area contributed by atoms with E-state index in [1.807, 2.05) is 37.3 Å². The third-order valence-corrected chi connectivity index (χ3v) is 4.96. The number of carbonyl (C=O) groups excluding carboxylic acids is 2. The molecule has 2 aromatic rings. The van der Waals surface area contributed by atoms with Crippen LogP contribution in [0.25, 0.3) is 0 Å². The molecule has 2 unspecified atom stereocenters. The molecule has 1 aliphatic heterocycles. The van der Waals surface area contributed by atoms with Crippen LogP contribution in [0.3, 0.4) is 0 Å². The number of anilines is 1. The summed E-state index contributed by atoms with van der Waals surface area (Å²) in [5, 5.41) is 11.6. The Morgan fingerprint density at radius 3 is 2.38 bits per heavy atom. The Morgan fingerprint density at radius 2 is 1.79 bits per heavy atom. The van der Waals surface area contributed by atoms with Crippen LogP contribution in [0.1, 0.15) is 34.8 Å². The van der Waals surface area contributed by atoms with Gasteiger partial charge in [0.2, 0.25) is 5.91 Å². The summed E-state index contributed by atoms with van der Waals surface area (Å²) in [5.74, 6) is -1.10. The van der Waals surface area contributed by atoms with Crippen LogP contribution in [-0.4, -0.2) is 41.6 Å². The average molecular weight is 396 g/mol. The number of amides is 2. The van der Waals surface area contributed by atoms with Gasteiger partial charge in [0, 0.05) is 17.3 Å². The van der Waals surface area contributed by atoms with Crippen molar-refractivity contribution in [1.82, 2.24) is 5.32 Å². The molecule has 0 spiro atoms. The SMILES string of the molecule is Cc1cc(C(=O)NC2CC(C)N(c3ccccc3)C2=O)cc(C)c1OCC(=O)O. The van der Waals surface area contributed by atoms with Gasteiger partial charge in [-0.05, 0) is 62.6 Å². The van der Waals surface area contributed by atoms with Crippen molar-refractivity contribution in [3.8, 4) is 5.75 Å². The number of carboxylic acid groups (broad SMARTS) is 1. The smallest absolute Gasteiger partial charge is 0.341 e. The van der Waals surface area contributed by atoms with Crippen LogP contribution in [0.4, 0.5) is 5.69 Å². The maximum Gasteiger partial charge on any atom is 0.341 e. The molecule has 7 nitrogen and oxygen atoms in total. The fourth-order valence-corrected chi connectivity index (χ4v) is 3.71. The Morgan fingerprint density at radius 1 is 1.17 bits per heavy atom. The number of aliphatic carboxylic acids is 1. The highest BCUT2D eigenvalue weighted by Gasteiger charge is 2.38. The minimum absolute atomic E-state index is 0.0227. The second-order valence-electron chi connectivity index (χ2n) is 7.28. The van der Waals surface area contributed by atoms with E-state index in [-0.39, 0.29) is 17.9 Å². The monoisotopic (exact) mass is 396 g/mol. The predicted octanol–water partition coefficient (Wildman–Crippen LogP) is 2.69. The van der Waals surface area contributed by atoms with Crippen LogP contribution in [0.2, 0.25) is 0 Å². The summed E-state index contributed by atoms with van der Waals surface area (Å²) in [4.78, 5) is 38.1. The summed E-state index contributed by atoms with van der Waals surface area (Å²) in [6.07, 6.45) is 0.525. The maximum absolute atomic E-state index is 12.9. The second-order valence-corrected chi connectivity index (χ2v) is 7.28. The Labute approximate surface area is 169 Å². The van der Waals surface area contributed by atoms with Gasteiger partial charge >= 0.3 is 5.97 Å². The number of nitrogens with one attached hydrogen (secondary N) is 1. The highest BCUT2D eigenvalue weighted by atomic mass is 16.5. The fraction of sp³-hybridized carbons (Fsp3) is 0.318. The highest BCUT2D eigenvalue weighted by molar-refractivity contribution is 6.04. The summed E-state index contributed by atoms with van der Waals surface area (Å²) < 4.78 is 5.30. The fourth-order valence-electron chi connectivity index (χ4n) is 3.71. The van der Waals surface area contributed by atoms with E-state index in [0.717, 1.165) is 5.69 Å². The number of benzene rings is 2. The number of hydrogen-bond acceptors (Lipinski definition) is 4. The van der Waals surface area contributed by atoms with Crippen molar-refractivity contribution >= 4 is 23.5 Å². The van der Waals surface area contributed by atoms with E-state index < -0.39 is 18.6 Å². The van der Waals surface area contributed by atoms with Gasteiger partial charge in [0.1, 0.15) is 11.8 Å². The summed E-state index contributed by atoms with van der Waals surface area (Å²) >= 11 is 0. The van der Waals surface area contributed by atoms with Crippen LogP contribution >= 0.6 is 0 Å². The molecular formula is C22H24N2O5. The minimum Gasteiger partial charge on any atom is -0.481 e. The molecule has 0 radical (unpaired) electrons. The first-order chi connectivity index (χ1) is 13.8. The molecule has 2 amide bonds. The van der Waals surface area contributed by atoms with Crippen LogP contribution in [0.15, 0.2) is 42.5 Å². The Hall–Kier alpha value is -3.35. The molecule has 0 bridgehead atoms. The van der Waals surface area contributed by atoms with E-state index in [2.05, 4.69) is 5.32 Å². The van der Waals surface area contributed by atoms with Gasteiger partial charge in [0.25, 0.3) is 5.91 Å². The number of carbonyl (C=O) groups is 3. The molecule has 29 heavy (non-hydrogen) atoms. The normalized spacial score (nSPS) is 18.6. The van der Waals surface area contributed by atoms with Crippen molar-refractivity contribution in [1.29, 1.82) is 0 Å². The van der Waals surface area contributed by atoms with Crippen molar-refractivity contribution in [3.05, 3.63) is 59.2 Å². The van der Waals surface area contributed by atoms with Crippen molar-refractivity contribution in [3.63, 3.8) is 0 Å². The van der Waals surface area contributed by atoms with Gasteiger partial charge < -0.3 is 20.1 Å². The lowest BCUT2D eigenvalue weighted by molar-refractivity contribution is -0.139. The predicted molar refractivity (Wildman–Crippen MR) is 108 cm³/mol. The van der Waals surface area contributed by atoms with Gasteiger partial charge in [-0.1, -0.05) is 18.2 Å². The third-order valence-electron chi connectivity index (χ3n) is 4.96. The molecule has 0 aromatic heterocycles. The molecule has 1 saturated heterocycles. The molecule has 1 fully saturated rings. The van der Waals surface area contributed by atoms with E-state index in [1.54, 1.807) is 30.9 Å². The zero-order valence-corrected chi connectivity index (χ0v) is 16.6. The first-order valence-electron chi connectivity index (χ1n) is 9.42. The molecule has 0 aliphatic carbocycles. The van der Waals surface area contributed by atoms with Crippen LogP contribution in [0.5, 0.6) is 5.75 Å². The minimum atomic E-state index is -1.07. The van der Waals surface area contributed by atoms with Crippen LogP contribution in [0, 0.1) is 13.8 Å². The Kier molecular flexibility index (Phi) is 5.87. The molecule has 1 heterocycles. The number of aryl methyl sites for hydroxylation is 2. The summed E-state index contributed by atoms with van der Waals surface area (Å²) in [5.41, 5.74) is 2.54. The average Bonchev–Trinajstić information content (AvgIpc) is 2.94. The first-order valence-corrected chi connectivity index (χ1v) is 9.42. The number of carboxylic acids is 1. The van der Waals surface area contributed by atoms with Crippen molar-refractivity contribution in [2.45, 2.75) is 39.3 Å². The summed E-state index contributed by atoms with van der Waals surface area (Å²) in [6, 6.07) is 12.0. The Bertz CT molecular complexity index is 918. The molecular weight excluding hydrogens is 372 g/mol. The number of rotatable bonds is 6. The van der Waals surface area contributed by atoms with Gasteiger partial charge in [0.15, 0.2) is 6.61 Å². The van der Waals surface area contributed by atoms with Crippen LogP contribution < -0.4 is 15.0 Å². The lowest BCUT2D eigenvalue weighted by Gasteiger charge is -2.21. The van der Waals surface area contributed by atoms with Crippen molar-refractivity contribution in [2.75, 3.05) is 11.5 Å². The van der Waals surface area contributed by atoms with Gasteiger partial charge in [-0.3, -0.25) is 9.59 Å². The molecule has 2 atom stereocenters. The van der Waals surface area contributed by atoms with Crippen molar-refractivity contribution < 1.29 is 24.2 Å². The van der Waals surface area contributed by atoms with Gasteiger partial charge in [-0.25, -0.2) is 4.79 Å². The molecule has 0 saturated carbocycles. The van der Waals surface area contributed by atoms with E-state index in [0.29, 0.717) is 28.9 Å². The number of hydrogen-bond donors (Lipinski definition) is 2. The van der Waals surface area contributed by atoms with Crippen LogP contribution in [-0.2, 0) is 9.59 Å². The quantitative estimate of drug-likeness (QED) is 0.783. The van der Waals surface area contributed by atoms with E-state index >= 15 is 0 Å². The number of ether oxygens (including phenoxy) is 1. The van der Waals surface area contributed by atoms with Gasteiger partial charge in [0.05, 0.1) is 0 Å². The number of para-hydroxylation sites is 1. The third kappa shape index (κ3) is 4.39. The summed E-state index contributed by atoms with van der Waals surface area (Å²) in [7, 11) is 0. The molecule has 2 aromatic carbocycles. The lowest BCUT2D eigenvalue weighted by atomic mass is 10.0. The Balaban J connectivity index is 1.73. The molecule has 7 heteroatoms. The zero-order valence-electron chi connectivity index (χ0n) is 16.6. The molecule has 3 rings (SSSR count). The van der Waals surface area contributed by atoms with E-state index in [4.69, 9.17) is 9.84 Å². The maximum atomic E-state index is 12.9. The van der Waals surface area contributed by atoms with Gasteiger partial charge in [-0.15, -0.1) is 0 Å². The molecule has 152 valence electrons. The highest BCUT2D eigenvalue weighted by Crippen LogP contribution is 2.28. The molecule has 1 aliphatic rings. The van der Waals surface area contributed by atoms with Crippen molar-refractivity contribution in [2.24, 2.45) is 0 Å². The standard InChI is InChI=1S/C22H24N2O5/c1-13-9-16(10-14(2)20(13)29-12-19(25)26)21(27)23-18-11-15(3)24(22(18)28)17-7-5-4-6-8-17/h4-10,15,18H,11-12H2,1-3H3,(H,23,27)(H,25,26). The number of nitrogens with zero attached hydrogens (tertiary/aromatic N) is 1. The zero-order chi connectivity index (χ0) is 21.1. The lowest BCUT2D eigenvalue weighted by Crippen LogP contribution is -2.42. The summed E-state index contributed by atoms with van der Waals surface area (Å²) in [6.45, 7) is 5.01. The first kappa shape index (κ1) is 20.4. The van der Waals surface area contributed by atoms with E-state index in [1.165, 1.54) is 0 Å².